The number of para-hydroxylation sites is 1. The van der Waals surface area contributed by atoms with Crippen molar-refractivity contribution in [1.82, 2.24) is 10.6 Å². The first kappa shape index (κ1) is 18.3. The molecule has 0 saturated carbocycles. The monoisotopic (exact) mass is 384 g/mol. The SMILES string of the molecule is C=C1NC(=S)N[C@H](c2cc([N+](=O)[O-])ccc2[O-])[C@H]1C(=O)Oc1ccccc1. The van der Waals surface area contributed by atoms with Crippen LogP contribution in [0, 0.1) is 16.0 Å². The van der Waals surface area contributed by atoms with Crippen LogP contribution in [0.3, 0.4) is 0 Å². The molecular weight excluding hydrogens is 370 g/mol. The number of carbonyl (C=O) groups is 1. The smallest absolute Gasteiger partial charge is 0.322 e. The number of ether oxygens (including phenoxy) is 1. The van der Waals surface area contributed by atoms with Crippen LogP contribution in [0.2, 0.25) is 0 Å². The summed E-state index contributed by atoms with van der Waals surface area (Å²) in [5, 5.41) is 29.1. The van der Waals surface area contributed by atoms with Gasteiger partial charge >= 0.3 is 5.97 Å². The van der Waals surface area contributed by atoms with Crippen molar-refractivity contribution in [2.24, 2.45) is 5.92 Å². The Bertz CT molecular complexity index is 932. The summed E-state index contributed by atoms with van der Waals surface area (Å²) in [4.78, 5) is 23.2. The van der Waals surface area contributed by atoms with Crippen molar-refractivity contribution in [3.63, 3.8) is 0 Å². The minimum absolute atomic E-state index is 0.0317. The number of nitro groups is 1. The van der Waals surface area contributed by atoms with E-state index in [-0.39, 0.29) is 22.1 Å². The minimum atomic E-state index is -1.02. The molecule has 3 rings (SSSR count). The molecule has 8 nitrogen and oxygen atoms in total. The fraction of sp³-hybridized carbons (Fsp3) is 0.111. The van der Waals surface area contributed by atoms with Gasteiger partial charge in [-0.15, -0.1) is 5.75 Å². The van der Waals surface area contributed by atoms with Crippen LogP contribution >= 0.6 is 12.2 Å². The number of non-ortho nitro benzene ring substituents is 1. The molecule has 2 N–H and O–H groups in total. The average Bonchev–Trinajstić information content (AvgIpc) is 2.62. The molecule has 0 radical (unpaired) electrons. The molecule has 27 heavy (non-hydrogen) atoms. The first-order valence-electron chi connectivity index (χ1n) is 7.85. The van der Waals surface area contributed by atoms with Crippen LogP contribution in [0.5, 0.6) is 11.5 Å². The van der Waals surface area contributed by atoms with E-state index in [0.29, 0.717) is 5.75 Å². The third-order valence-electron chi connectivity index (χ3n) is 4.02. The molecular formula is C18H14N3O5S-. The first-order chi connectivity index (χ1) is 12.9. The zero-order valence-corrected chi connectivity index (χ0v) is 14.7. The van der Waals surface area contributed by atoms with Gasteiger partial charge in [-0.2, -0.15) is 0 Å². The van der Waals surface area contributed by atoms with Crippen LogP contribution in [0.4, 0.5) is 5.69 Å². The number of nitro benzene ring substituents is 1. The summed E-state index contributed by atoms with van der Waals surface area (Å²) >= 11 is 5.09. The van der Waals surface area contributed by atoms with Gasteiger partial charge in [0.15, 0.2) is 5.11 Å². The molecule has 1 saturated heterocycles. The quantitative estimate of drug-likeness (QED) is 0.270. The molecule has 2 aromatic carbocycles. The molecule has 0 bridgehead atoms. The molecule has 0 spiro atoms. The Morgan fingerprint density at radius 1 is 1.22 bits per heavy atom. The van der Waals surface area contributed by atoms with Crippen molar-refractivity contribution in [3.8, 4) is 11.5 Å². The zero-order valence-electron chi connectivity index (χ0n) is 13.9. The number of esters is 1. The Morgan fingerprint density at radius 3 is 2.59 bits per heavy atom. The van der Waals surface area contributed by atoms with Gasteiger partial charge in [0.1, 0.15) is 11.7 Å². The van der Waals surface area contributed by atoms with Crippen LogP contribution < -0.4 is 20.5 Å². The lowest BCUT2D eigenvalue weighted by Crippen LogP contribution is -2.51. The Morgan fingerprint density at radius 2 is 1.93 bits per heavy atom. The van der Waals surface area contributed by atoms with Gasteiger partial charge in [0.2, 0.25) is 0 Å². The standard InChI is InChI=1S/C18H15N3O5S/c1-10-15(17(23)26-12-5-3-2-4-6-12)16(20-18(27)19-10)13-9-11(21(24)25)7-8-14(13)22/h2-9,15-16,22H,1H2,(H2,19,20,27)/p-1/t15-,16+/m0/s1. The summed E-state index contributed by atoms with van der Waals surface area (Å²) < 4.78 is 5.37. The molecule has 1 heterocycles. The number of rotatable bonds is 4. The summed E-state index contributed by atoms with van der Waals surface area (Å²) in [5.41, 5.74) is -0.00330. The summed E-state index contributed by atoms with van der Waals surface area (Å²) in [6.45, 7) is 3.80. The largest absolute Gasteiger partial charge is 0.872 e. The van der Waals surface area contributed by atoms with Crippen LogP contribution in [-0.4, -0.2) is 16.0 Å². The van der Waals surface area contributed by atoms with Crippen LogP contribution in [0.25, 0.3) is 0 Å². The summed E-state index contributed by atoms with van der Waals surface area (Å²) in [7, 11) is 0. The van der Waals surface area contributed by atoms with E-state index in [0.717, 1.165) is 18.2 Å². The number of thiocarbonyl (C=S) groups is 1. The first-order valence-corrected chi connectivity index (χ1v) is 8.26. The number of hydrogen-bond acceptors (Lipinski definition) is 6. The summed E-state index contributed by atoms with van der Waals surface area (Å²) in [6.07, 6.45) is 0. The highest BCUT2D eigenvalue weighted by Gasteiger charge is 2.38. The maximum Gasteiger partial charge on any atom is 0.322 e. The third-order valence-corrected chi connectivity index (χ3v) is 4.24. The van der Waals surface area contributed by atoms with Gasteiger partial charge in [-0.05, 0) is 29.9 Å². The van der Waals surface area contributed by atoms with Gasteiger partial charge in [0.25, 0.3) is 5.69 Å². The second-order valence-corrected chi connectivity index (χ2v) is 6.20. The van der Waals surface area contributed by atoms with E-state index < -0.39 is 28.6 Å². The molecule has 1 aliphatic heterocycles. The van der Waals surface area contributed by atoms with E-state index >= 15 is 0 Å². The van der Waals surface area contributed by atoms with Crippen molar-refractivity contribution >= 4 is 29.0 Å². The molecule has 0 aromatic heterocycles. The minimum Gasteiger partial charge on any atom is -0.872 e. The Labute approximate surface area is 159 Å². The van der Waals surface area contributed by atoms with Crippen molar-refractivity contribution in [1.29, 1.82) is 0 Å². The van der Waals surface area contributed by atoms with Gasteiger partial charge < -0.3 is 20.5 Å². The molecule has 2 atom stereocenters. The Hall–Kier alpha value is -3.46. The highest BCUT2D eigenvalue weighted by molar-refractivity contribution is 7.80. The predicted octanol–water partition coefficient (Wildman–Crippen LogP) is 1.92. The molecule has 1 fully saturated rings. The fourth-order valence-electron chi connectivity index (χ4n) is 2.78. The van der Waals surface area contributed by atoms with E-state index in [1.807, 2.05) is 0 Å². The van der Waals surface area contributed by atoms with Crippen molar-refractivity contribution in [3.05, 3.63) is 76.5 Å². The van der Waals surface area contributed by atoms with E-state index in [9.17, 15) is 20.0 Å². The van der Waals surface area contributed by atoms with Crippen LogP contribution in [0.1, 0.15) is 11.6 Å². The van der Waals surface area contributed by atoms with E-state index in [1.54, 1.807) is 30.3 Å². The number of nitrogens with zero attached hydrogens (tertiary/aromatic N) is 1. The van der Waals surface area contributed by atoms with Crippen LogP contribution in [-0.2, 0) is 4.79 Å². The lowest BCUT2D eigenvalue weighted by molar-refractivity contribution is -0.385. The second kappa shape index (κ2) is 7.42. The van der Waals surface area contributed by atoms with Gasteiger partial charge in [0, 0.05) is 17.8 Å². The Balaban J connectivity index is 1.99. The fourth-order valence-corrected chi connectivity index (χ4v) is 3.04. The van der Waals surface area contributed by atoms with Crippen LogP contribution in [0.15, 0.2) is 60.8 Å². The van der Waals surface area contributed by atoms with Crippen molar-refractivity contribution in [2.45, 2.75) is 6.04 Å². The van der Waals surface area contributed by atoms with Gasteiger partial charge in [-0.25, -0.2) is 0 Å². The number of benzene rings is 2. The normalized spacial score (nSPS) is 19.0. The zero-order chi connectivity index (χ0) is 19.6. The molecule has 0 unspecified atom stereocenters. The topological polar surface area (TPSA) is 117 Å². The van der Waals surface area contributed by atoms with Crippen molar-refractivity contribution < 1.29 is 19.6 Å². The lowest BCUT2D eigenvalue weighted by Gasteiger charge is -2.36. The predicted molar refractivity (Wildman–Crippen MR) is 98.9 cm³/mol. The van der Waals surface area contributed by atoms with Gasteiger partial charge in [0.05, 0.1) is 11.0 Å². The maximum atomic E-state index is 12.8. The lowest BCUT2D eigenvalue weighted by atomic mass is 9.88. The maximum absolute atomic E-state index is 12.8. The molecule has 138 valence electrons. The molecule has 0 aliphatic carbocycles. The highest BCUT2D eigenvalue weighted by Crippen LogP contribution is 2.36. The summed E-state index contributed by atoms with van der Waals surface area (Å²) in [5.74, 6) is -1.84. The second-order valence-electron chi connectivity index (χ2n) is 5.79. The van der Waals surface area contributed by atoms with Gasteiger partial charge in [-0.3, -0.25) is 14.9 Å². The van der Waals surface area contributed by atoms with Gasteiger partial charge in [-0.1, -0.05) is 30.8 Å². The van der Waals surface area contributed by atoms with E-state index in [4.69, 9.17) is 17.0 Å². The third kappa shape index (κ3) is 3.87. The molecule has 0 amide bonds. The number of hydrogen-bond donors (Lipinski definition) is 2. The molecule has 1 aliphatic rings. The Kier molecular flexibility index (Phi) is 5.04. The molecule has 2 aromatic rings. The number of carbonyl (C=O) groups excluding carboxylic acids is 1. The summed E-state index contributed by atoms with van der Waals surface area (Å²) in [6, 6.07) is 10.8. The van der Waals surface area contributed by atoms with Crippen molar-refractivity contribution in [2.75, 3.05) is 0 Å². The van der Waals surface area contributed by atoms with E-state index in [1.165, 1.54) is 0 Å². The van der Waals surface area contributed by atoms with E-state index in [2.05, 4.69) is 17.2 Å². The highest BCUT2D eigenvalue weighted by atomic mass is 32.1. The average molecular weight is 384 g/mol. The number of nitrogens with one attached hydrogen (secondary N) is 2. The molecule has 9 heteroatoms.